The Morgan fingerprint density at radius 3 is 2.81 bits per heavy atom. The number of nitrogens with zero attached hydrogens (tertiary/aromatic N) is 2. The van der Waals surface area contributed by atoms with Crippen LogP contribution in [-0.4, -0.2) is 46.4 Å². The van der Waals surface area contributed by atoms with Crippen molar-refractivity contribution in [3.8, 4) is 0 Å². The van der Waals surface area contributed by atoms with Crippen molar-refractivity contribution in [2.75, 3.05) is 6.54 Å². The van der Waals surface area contributed by atoms with Gasteiger partial charge < -0.3 is 20.4 Å². The molecule has 1 fully saturated rings. The number of rotatable bonds is 2. The highest BCUT2D eigenvalue weighted by Crippen LogP contribution is 2.17. The Morgan fingerprint density at radius 1 is 1.56 bits per heavy atom. The molecule has 0 radical (unpaired) electrons. The molecule has 0 aliphatic carbocycles. The Bertz CT molecular complexity index is 283. The molecule has 0 aromatic heterocycles. The molecule has 1 rings (SSSR count). The molecule has 1 aliphatic heterocycles. The van der Waals surface area contributed by atoms with Gasteiger partial charge in [0.1, 0.15) is 5.84 Å². The second kappa shape index (κ2) is 5.86. The van der Waals surface area contributed by atoms with Crippen LogP contribution >= 0.6 is 0 Å². The Kier molecular flexibility index (Phi) is 4.76. The number of carbonyl (C=O) groups excluding carboxylic acids is 1. The molecule has 7 heteroatoms. The van der Waals surface area contributed by atoms with Crippen LogP contribution in [0.3, 0.4) is 0 Å². The highest BCUT2D eigenvalue weighted by Gasteiger charge is 2.32. The predicted octanol–water partition coefficient (Wildman–Crippen LogP) is -0.125. The average Bonchev–Trinajstić information content (AvgIpc) is 2.28. The fourth-order valence-electron chi connectivity index (χ4n) is 1.97. The van der Waals surface area contributed by atoms with Gasteiger partial charge in [-0.05, 0) is 33.1 Å². The van der Waals surface area contributed by atoms with E-state index >= 15 is 0 Å². The lowest BCUT2D eigenvalue weighted by molar-refractivity contribution is -0.124. The first kappa shape index (κ1) is 13.0. The monoisotopic (exact) mass is 227 g/mol. The Morgan fingerprint density at radius 2 is 2.25 bits per heavy atom. The molecule has 1 aliphatic rings. The van der Waals surface area contributed by atoms with Crippen LogP contribution in [0.15, 0.2) is 5.16 Å². The summed E-state index contributed by atoms with van der Waals surface area (Å²) >= 11 is 0. The summed E-state index contributed by atoms with van der Waals surface area (Å²) in [6.45, 7) is 3.87. The molecule has 90 valence electrons. The van der Waals surface area contributed by atoms with Crippen LogP contribution in [0.2, 0.25) is 6.82 Å². The van der Waals surface area contributed by atoms with Gasteiger partial charge in [-0.15, -0.1) is 0 Å². The minimum absolute atomic E-state index is 0.168. The molecule has 1 saturated heterocycles. The lowest BCUT2D eigenvalue weighted by Gasteiger charge is -2.35. The van der Waals surface area contributed by atoms with Crippen molar-refractivity contribution in [3.63, 3.8) is 0 Å². The first-order chi connectivity index (χ1) is 7.56. The minimum atomic E-state index is -0.637. The van der Waals surface area contributed by atoms with Crippen LogP contribution in [0.25, 0.3) is 0 Å². The molecule has 3 N–H and O–H groups in total. The fraction of sp³-hybridized carbons (Fsp3) is 0.778. The summed E-state index contributed by atoms with van der Waals surface area (Å²) in [7, 11) is -0.637. The second-order valence-corrected chi connectivity index (χ2v) is 4.06. The number of nitrogens with one attached hydrogen (secondary N) is 1. The van der Waals surface area contributed by atoms with Crippen molar-refractivity contribution >= 4 is 18.8 Å². The maximum absolute atomic E-state index is 11.8. The SMILES string of the molecule is CB(O)N1CCCCC1C(=O)N/C(C)=N/O. The maximum atomic E-state index is 11.8. The largest absolute Gasteiger partial charge is 0.437 e. The standard InChI is InChI=1S/C9H18BN3O3/c1-7(12-16)11-9(14)8-5-3-4-6-13(8)10(2)15/h8,15-16H,3-6H2,1-2H3,(H,11,12,14). The average molecular weight is 227 g/mol. The highest BCUT2D eigenvalue weighted by molar-refractivity contribution is 6.45. The Labute approximate surface area is 95.4 Å². The van der Waals surface area contributed by atoms with E-state index in [0.717, 1.165) is 19.3 Å². The van der Waals surface area contributed by atoms with Crippen LogP contribution in [0.4, 0.5) is 0 Å². The van der Waals surface area contributed by atoms with Crippen molar-refractivity contribution in [2.24, 2.45) is 5.16 Å². The molecule has 6 nitrogen and oxygen atoms in total. The lowest BCUT2D eigenvalue weighted by atomic mass is 9.79. The van der Waals surface area contributed by atoms with E-state index < -0.39 is 7.05 Å². The maximum Gasteiger partial charge on any atom is 0.377 e. The summed E-state index contributed by atoms with van der Waals surface area (Å²) in [6, 6.07) is -0.342. The summed E-state index contributed by atoms with van der Waals surface area (Å²) in [4.78, 5) is 13.6. The van der Waals surface area contributed by atoms with Crippen LogP contribution in [0.1, 0.15) is 26.2 Å². The van der Waals surface area contributed by atoms with Crippen molar-refractivity contribution in [1.82, 2.24) is 10.1 Å². The predicted molar refractivity (Wildman–Crippen MR) is 61.2 cm³/mol. The van der Waals surface area contributed by atoms with Gasteiger partial charge in [0.15, 0.2) is 0 Å². The third kappa shape index (κ3) is 3.21. The fourth-order valence-corrected chi connectivity index (χ4v) is 1.97. The third-order valence-corrected chi connectivity index (χ3v) is 2.78. The van der Waals surface area contributed by atoms with Crippen molar-refractivity contribution in [1.29, 1.82) is 0 Å². The van der Waals surface area contributed by atoms with Crippen molar-refractivity contribution in [3.05, 3.63) is 0 Å². The smallest absolute Gasteiger partial charge is 0.377 e. The van der Waals surface area contributed by atoms with E-state index in [4.69, 9.17) is 5.21 Å². The molecular weight excluding hydrogens is 209 g/mol. The number of oxime groups is 1. The van der Waals surface area contributed by atoms with Gasteiger partial charge in [-0.1, -0.05) is 11.6 Å². The van der Waals surface area contributed by atoms with Gasteiger partial charge in [-0.3, -0.25) is 4.79 Å². The quantitative estimate of drug-likeness (QED) is 0.202. The molecule has 1 heterocycles. The van der Waals surface area contributed by atoms with Crippen molar-refractivity contribution < 1.29 is 15.0 Å². The minimum Gasteiger partial charge on any atom is -0.437 e. The Balaban J connectivity index is 2.64. The molecule has 0 saturated carbocycles. The van der Waals surface area contributed by atoms with E-state index in [1.807, 2.05) is 0 Å². The van der Waals surface area contributed by atoms with Gasteiger partial charge in [0.2, 0.25) is 5.91 Å². The summed E-state index contributed by atoms with van der Waals surface area (Å²) in [5.74, 6) is -0.0583. The van der Waals surface area contributed by atoms with E-state index in [-0.39, 0.29) is 17.8 Å². The number of hydrogen-bond donors (Lipinski definition) is 3. The van der Waals surface area contributed by atoms with Gasteiger partial charge in [0.25, 0.3) is 0 Å². The molecule has 0 aromatic rings. The number of amidine groups is 1. The zero-order valence-electron chi connectivity index (χ0n) is 9.68. The van der Waals surface area contributed by atoms with Gasteiger partial charge in [0.05, 0.1) is 6.04 Å². The van der Waals surface area contributed by atoms with Crippen LogP contribution < -0.4 is 5.32 Å². The molecule has 0 spiro atoms. The van der Waals surface area contributed by atoms with E-state index in [9.17, 15) is 9.82 Å². The molecule has 16 heavy (non-hydrogen) atoms. The van der Waals surface area contributed by atoms with E-state index in [0.29, 0.717) is 6.54 Å². The van der Waals surface area contributed by atoms with Crippen LogP contribution in [-0.2, 0) is 4.79 Å². The molecule has 0 aromatic carbocycles. The number of amides is 1. The van der Waals surface area contributed by atoms with Crippen LogP contribution in [0.5, 0.6) is 0 Å². The Hall–Kier alpha value is -1.08. The topological polar surface area (TPSA) is 85.2 Å². The number of piperidine rings is 1. The summed E-state index contributed by atoms with van der Waals surface area (Å²) in [5.41, 5.74) is 0. The van der Waals surface area contributed by atoms with Gasteiger partial charge in [0, 0.05) is 0 Å². The van der Waals surface area contributed by atoms with E-state index in [1.165, 1.54) is 6.92 Å². The summed E-state index contributed by atoms with van der Waals surface area (Å²) < 4.78 is 0. The summed E-state index contributed by atoms with van der Waals surface area (Å²) in [5, 5.41) is 23.4. The molecule has 1 unspecified atom stereocenters. The third-order valence-electron chi connectivity index (χ3n) is 2.78. The molecular formula is C9H18BN3O3. The normalized spacial score (nSPS) is 22.9. The number of hydrogen-bond acceptors (Lipinski definition) is 5. The number of carbonyl (C=O) groups is 1. The first-order valence-electron chi connectivity index (χ1n) is 5.49. The van der Waals surface area contributed by atoms with Crippen LogP contribution in [0, 0.1) is 0 Å². The highest BCUT2D eigenvalue weighted by atomic mass is 16.4. The zero-order valence-corrected chi connectivity index (χ0v) is 9.68. The second-order valence-electron chi connectivity index (χ2n) is 4.06. The van der Waals surface area contributed by atoms with E-state index in [2.05, 4.69) is 10.5 Å². The van der Waals surface area contributed by atoms with Gasteiger partial charge >= 0.3 is 7.05 Å². The zero-order chi connectivity index (χ0) is 12.1. The lowest BCUT2D eigenvalue weighted by Crippen LogP contribution is -2.55. The molecule has 1 atom stereocenters. The summed E-state index contributed by atoms with van der Waals surface area (Å²) in [6.07, 6.45) is 2.67. The first-order valence-corrected chi connectivity index (χ1v) is 5.49. The van der Waals surface area contributed by atoms with Gasteiger partial charge in [-0.2, -0.15) is 0 Å². The molecule has 1 amide bonds. The van der Waals surface area contributed by atoms with Gasteiger partial charge in [-0.25, -0.2) is 0 Å². The van der Waals surface area contributed by atoms with E-state index in [1.54, 1.807) is 11.6 Å². The van der Waals surface area contributed by atoms with Crippen molar-refractivity contribution in [2.45, 2.75) is 39.1 Å². The molecule has 0 bridgehead atoms.